The van der Waals surface area contributed by atoms with Gasteiger partial charge >= 0.3 is 0 Å². The van der Waals surface area contributed by atoms with Crippen molar-refractivity contribution < 1.29 is 9.53 Å². The van der Waals surface area contributed by atoms with E-state index < -0.39 is 5.54 Å². The second-order valence-electron chi connectivity index (χ2n) is 6.22. The number of aromatic nitrogens is 3. The van der Waals surface area contributed by atoms with E-state index in [0.29, 0.717) is 18.1 Å². The molecule has 4 rings (SSSR count). The number of carbonyl (C=O) groups excluding carboxylic acids is 1. The molecular weight excluding hydrogens is 316 g/mol. The van der Waals surface area contributed by atoms with Crippen LogP contribution in [0.15, 0.2) is 24.5 Å². The van der Waals surface area contributed by atoms with Crippen molar-refractivity contribution in [3.63, 3.8) is 0 Å². The predicted octanol–water partition coefficient (Wildman–Crippen LogP) is 2.20. The maximum absolute atomic E-state index is 12.7. The number of carbonyl (C=O) groups is 1. The van der Waals surface area contributed by atoms with E-state index in [0.717, 1.165) is 36.4 Å². The lowest BCUT2D eigenvalue weighted by Crippen LogP contribution is -2.54. The van der Waals surface area contributed by atoms with Crippen molar-refractivity contribution in [1.82, 2.24) is 20.5 Å². The summed E-state index contributed by atoms with van der Waals surface area (Å²) >= 11 is 6.03. The minimum absolute atomic E-state index is 0.00766. The van der Waals surface area contributed by atoms with Gasteiger partial charge in [-0.25, -0.2) is 4.98 Å². The quantitative estimate of drug-likeness (QED) is 0.903. The molecule has 1 aliphatic carbocycles. The second-order valence-corrected chi connectivity index (χ2v) is 6.66. The normalized spacial score (nSPS) is 21.7. The van der Waals surface area contributed by atoms with Crippen LogP contribution in [-0.2, 0) is 16.8 Å². The van der Waals surface area contributed by atoms with Crippen molar-refractivity contribution >= 4 is 17.5 Å². The van der Waals surface area contributed by atoms with Crippen LogP contribution in [0.4, 0.5) is 0 Å². The molecule has 0 radical (unpaired) electrons. The van der Waals surface area contributed by atoms with Gasteiger partial charge in [0.2, 0.25) is 5.91 Å². The topological polar surface area (TPSA) is 79.9 Å². The van der Waals surface area contributed by atoms with Crippen molar-refractivity contribution in [2.45, 2.75) is 31.2 Å². The van der Waals surface area contributed by atoms with E-state index in [1.165, 1.54) is 6.33 Å². The van der Waals surface area contributed by atoms with Crippen molar-refractivity contribution in [3.8, 4) is 5.75 Å². The van der Waals surface area contributed by atoms with Crippen LogP contribution in [-0.4, -0.2) is 27.7 Å². The third-order valence-electron chi connectivity index (χ3n) is 4.74. The smallest absolute Gasteiger partial charge is 0.227 e. The minimum Gasteiger partial charge on any atom is -0.492 e. The first-order valence-corrected chi connectivity index (χ1v) is 8.13. The van der Waals surface area contributed by atoms with Gasteiger partial charge in [-0.05, 0) is 49.4 Å². The summed E-state index contributed by atoms with van der Waals surface area (Å²) in [5.41, 5.74) is 0.577. The van der Waals surface area contributed by atoms with Crippen LogP contribution in [0, 0.1) is 5.92 Å². The fourth-order valence-electron chi connectivity index (χ4n) is 3.26. The fraction of sp³-hybridized carbons (Fsp3) is 0.438. The molecule has 2 aliphatic rings. The number of amides is 1. The number of halogens is 1. The van der Waals surface area contributed by atoms with E-state index in [2.05, 4.69) is 20.5 Å². The molecule has 2 aromatic rings. The summed E-state index contributed by atoms with van der Waals surface area (Å²) in [6, 6.07) is 5.52. The van der Waals surface area contributed by atoms with E-state index >= 15 is 0 Å². The Hall–Kier alpha value is -2.08. The zero-order chi connectivity index (χ0) is 15.9. The van der Waals surface area contributed by atoms with Crippen molar-refractivity contribution in [2.75, 3.05) is 6.61 Å². The van der Waals surface area contributed by atoms with Crippen LogP contribution >= 0.6 is 11.6 Å². The van der Waals surface area contributed by atoms with Crippen LogP contribution in [0.5, 0.6) is 5.75 Å². The number of aromatic amines is 1. The molecule has 1 aliphatic heterocycles. The Morgan fingerprint density at radius 3 is 3.00 bits per heavy atom. The first kappa shape index (κ1) is 14.5. The monoisotopic (exact) mass is 332 g/mol. The third kappa shape index (κ3) is 2.57. The molecule has 2 N–H and O–H groups in total. The molecule has 1 amide bonds. The molecule has 1 saturated carbocycles. The first-order valence-electron chi connectivity index (χ1n) is 7.75. The summed E-state index contributed by atoms with van der Waals surface area (Å²) in [7, 11) is 0. The van der Waals surface area contributed by atoms with Crippen LogP contribution in [0.25, 0.3) is 0 Å². The fourth-order valence-corrected chi connectivity index (χ4v) is 3.45. The molecule has 1 fully saturated rings. The van der Waals surface area contributed by atoms with Gasteiger partial charge in [-0.3, -0.25) is 9.89 Å². The maximum atomic E-state index is 12.7. The summed E-state index contributed by atoms with van der Waals surface area (Å²) in [5, 5.41) is 10.6. The molecule has 7 heteroatoms. The molecule has 2 heterocycles. The van der Waals surface area contributed by atoms with Crippen LogP contribution in [0.1, 0.15) is 30.7 Å². The second kappa shape index (κ2) is 5.53. The number of fused-ring (bicyclic) bond motifs is 1. The Balaban J connectivity index is 1.50. The molecule has 6 nitrogen and oxygen atoms in total. The average Bonchev–Trinajstić information content (AvgIpc) is 3.04. The zero-order valence-corrected chi connectivity index (χ0v) is 13.3. The van der Waals surface area contributed by atoms with Gasteiger partial charge in [0, 0.05) is 5.02 Å². The SMILES string of the molecule is O=C(NC1(c2ncn[nH]2)CCC1)[C@H]1COc2ccc(Cl)cc2C1. The maximum Gasteiger partial charge on any atom is 0.227 e. The molecule has 1 aromatic heterocycles. The van der Waals surface area contributed by atoms with Gasteiger partial charge in [0.15, 0.2) is 0 Å². The third-order valence-corrected chi connectivity index (χ3v) is 4.97. The molecular formula is C16H17ClN4O2. The van der Waals surface area contributed by atoms with Gasteiger partial charge in [-0.15, -0.1) is 0 Å². The highest BCUT2D eigenvalue weighted by molar-refractivity contribution is 6.30. The number of rotatable bonds is 3. The predicted molar refractivity (Wildman–Crippen MR) is 84.2 cm³/mol. The van der Waals surface area contributed by atoms with Gasteiger partial charge < -0.3 is 10.1 Å². The molecule has 1 aromatic carbocycles. The zero-order valence-electron chi connectivity index (χ0n) is 12.5. The number of nitrogens with zero attached hydrogens (tertiary/aromatic N) is 2. The van der Waals surface area contributed by atoms with Crippen molar-refractivity contribution in [3.05, 3.63) is 40.9 Å². The Morgan fingerprint density at radius 1 is 1.43 bits per heavy atom. The summed E-state index contributed by atoms with van der Waals surface area (Å²) in [4.78, 5) is 16.9. The summed E-state index contributed by atoms with van der Waals surface area (Å²) in [5.74, 6) is 1.32. The highest BCUT2D eigenvalue weighted by atomic mass is 35.5. The van der Waals surface area contributed by atoms with Gasteiger partial charge in [0.1, 0.15) is 24.5 Å². The summed E-state index contributed by atoms with van der Waals surface area (Å²) in [6.07, 6.45) is 4.94. The van der Waals surface area contributed by atoms with Gasteiger partial charge in [0.05, 0.1) is 11.5 Å². The largest absolute Gasteiger partial charge is 0.492 e. The Kier molecular flexibility index (Phi) is 3.49. The average molecular weight is 333 g/mol. The highest BCUT2D eigenvalue weighted by Gasteiger charge is 2.44. The number of hydrogen-bond acceptors (Lipinski definition) is 4. The van der Waals surface area contributed by atoms with E-state index in [1.807, 2.05) is 12.1 Å². The Bertz CT molecular complexity index is 728. The van der Waals surface area contributed by atoms with Gasteiger partial charge in [-0.2, -0.15) is 5.10 Å². The van der Waals surface area contributed by atoms with Crippen LogP contribution in [0.2, 0.25) is 5.02 Å². The van der Waals surface area contributed by atoms with Crippen LogP contribution in [0.3, 0.4) is 0 Å². The first-order chi connectivity index (χ1) is 11.2. The molecule has 1 atom stereocenters. The Morgan fingerprint density at radius 2 is 2.30 bits per heavy atom. The van der Waals surface area contributed by atoms with Gasteiger partial charge in [-0.1, -0.05) is 11.6 Å². The molecule has 23 heavy (non-hydrogen) atoms. The Labute approximate surface area is 138 Å². The molecule has 0 unspecified atom stereocenters. The lowest BCUT2D eigenvalue weighted by molar-refractivity contribution is -0.129. The standard InChI is InChI=1S/C16H17ClN4O2/c17-12-2-3-13-10(7-12)6-11(8-23-13)14(22)20-16(4-1-5-16)15-18-9-19-21-15/h2-3,7,9,11H,1,4-6,8H2,(H,20,22)(H,18,19,21)/t11-/m1/s1. The molecule has 0 spiro atoms. The summed E-state index contributed by atoms with van der Waals surface area (Å²) < 4.78 is 5.71. The number of hydrogen-bond donors (Lipinski definition) is 2. The van der Waals surface area contributed by atoms with Crippen molar-refractivity contribution in [1.29, 1.82) is 0 Å². The summed E-state index contributed by atoms with van der Waals surface area (Å²) in [6.45, 7) is 0.382. The molecule has 0 bridgehead atoms. The van der Waals surface area contributed by atoms with E-state index in [4.69, 9.17) is 16.3 Å². The number of nitrogens with one attached hydrogen (secondary N) is 2. The highest BCUT2D eigenvalue weighted by Crippen LogP contribution is 2.40. The lowest BCUT2D eigenvalue weighted by atomic mass is 9.75. The lowest BCUT2D eigenvalue weighted by Gasteiger charge is -2.41. The number of ether oxygens (including phenoxy) is 1. The number of benzene rings is 1. The van der Waals surface area contributed by atoms with E-state index in [9.17, 15) is 4.79 Å². The molecule has 0 saturated heterocycles. The minimum atomic E-state index is -0.401. The molecule has 120 valence electrons. The number of H-pyrrole nitrogens is 1. The van der Waals surface area contributed by atoms with E-state index in [1.54, 1.807) is 6.07 Å². The van der Waals surface area contributed by atoms with Crippen LogP contribution < -0.4 is 10.1 Å². The van der Waals surface area contributed by atoms with Crippen molar-refractivity contribution in [2.24, 2.45) is 5.92 Å². The van der Waals surface area contributed by atoms with Gasteiger partial charge in [0.25, 0.3) is 0 Å². The van der Waals surface area contributed by atoms with E-state index in [-0.39, 0.29) is 11.8 Å².